The summed E-state index contributed by atoms with van der Waals surface area (Å²) in [6, 6.07) is 9.33. The molecule has 2 atom stereocenters. The third kappa shape index (κ3) is 3.71. The fraction of sp³-hybridized carbons (Fsp3) is 0.625. The number of rotatable bonds is 5. The molecule has 0 radical (unpaired) electrons. The molecule has 2 saturated heterocycles. The van der Waals surface area contributed by atoms with Crippen molar-refractivity contribution in [2.75, 3.05) is 32.7 Å². The van der Waals surface area contributed by atoms with E-state index in [-0.39, 0.29) is 0 Å². The zero-order valence-electron chi connectivity index (χ0n) is 16.4. The third-order valence-corrected chi connectivity index (χ3v) is 7.18. The highest BCUT2D eigenvalue weighted by atomic mass is 16.2. The lowest BCUT2D eigenvalue weighted by molar-refractivity contribution is -0.131. The van der Waals surface area contributed by atoms with Gasteiger partial charge in [0.15, 0.2) is 0 Å². The summed E-state index contributed by atoms with van der Waals surface area (Å²) < 4.78 is 0. The Labute approximate surface area is 163 Å². The molecule has 2 aliphatic carbocycles. The van der Waals surface area contributed by atoms with Gasteiger partial charge in [0.1, 0.15) is 0 Å². The average molecular weight is 365 g/mol. The Morgan fingerprint density at radius 1 is 1.00 bits per heavy atom. The van der Waals surface area contributed by atoms with Gasteiger partial charge in [-0.25, -0.2) is 0 Å². The molecule has 5 rings (SSSR count). The summed E-state index contributed by atoms with van der Waals surface area (Å²) in [5, 5.41) is 0. The first-order chi connectivity index (χ1) is 13.3. The van der Waals surface area contributed by atoms with Crippen molar-refractivity contribution in [3.8, 4) is 0 Å². The lowest BCUT2D eigenvalue weighted by Crippen LogP contribution is -2.30. The molecular formula is C24H32N2O. The second-order valence-electron chi connectivity index (χ2n) is 9.12. The number of nitrogens with zero attached hydrogens (tertiary/aromatic N) is 2. The number of carbonyl (C=O) groups excluding carboxylic acids is 1. The molecule has 0 spiro atoms. The van der Waals surface area contributed by atoms with Gasteiger partial charge in [-0.3, -0.25) is 4.79 Å². The zero-order chi connectivity index (χ0) is 18.2. The summed E-state index contributed by atoms with van der Waals surface area (Å²) in [4.78, 5) is 17.3. The third-order valence-electron chi connectivity index (χ3n) is 7.18. The Kier molecular flexibility index (Phi) is 4.81. The molecule has 0 aromatic heterocycles. The van der Waals surface area contributed by atoms with Crippen LogP contribution in [0.4, 0.5) is 0 Å². The molecule has 2 heterocycles. The normalized spacial score (nSPS) is 28.3. The molecule has 1 aromatic carbocycles. The molecule has 1 amide bonds. The van der Waals surface area contributed by atoms with Gasteiger partial charge in [0, 0.05) is 31.5 Å². The van der Waals surface area contributed by atoms with Crippen molar-refractivity contribution in [1.82, 2.24) is 9.80 Å². The Hall–Kier alpha value is -1.61. The van der Waals surface area contributed by atoms with Crippen molar-refractivity contribution in [2.45, 2.75) is 44.9 Å². The molecule has 3 fully saturated rings. The monoisotopic (exact) mass is 364 g/mol. The van der Waals surface area contributed by atoms with Crippen molar-refractivity contribution in [2.24, 2.45) is 17.8 Å². The summed E-state index contributed by atoms with van der Waals surface area (Å²) >= 11 is 0. The van der Waals surface area contributed by atoms with Crippen LogP contribution in [0.3, 0.4) is 0 Å². The van der Waals surface area contributed by atoms with Crippen LogP contribution in [-0.4, -0.2) is 48.4 Å². The lowest BCUT2D eigenvalue weighted by Gasteiger charge is -2.26. The first-order valence-corrected chi connectivity index (χ1v) is 11.1. The Bertz CT molecular complexity index is 712. The number of benzene rings is 1. The van der Waals surface area contributed by atoms with Crippen LogP contribution >= 0.6 is 0 Å². The first-order valence-electron chi connectivity index (χ1n) is 11.1. The van der Waals surface area contributed by atoms with Crippen LogP contribution in [-0.2, 0) is 11.2 Å². The predicted octanol–water partition coefficient (Wildman–Crippen LogP) is 3.99. The molecule has 0 bridgehead atoms. The first kappa shape index (κ1) is 17.5. The molecule has 1 saturated carbocycles. The number of likely N-dealkylation sites (tertiary alicyclic amines) is 2. The Morgan fingerprint density at radius 3 is 2.52 bits per heavy atom. The molecule has 0 N–H and O–H groups in total. The maximum absolute atomic E-state index is 12.5. The van der Waals surface area contributed by atoms with E-state index < -0.39 is 0 Å². The molecule has 144 valence electrons. The maximum atomic E-state index is 12.5. The van der Waals surface area contributed by atoms with E-state index in [0.717, 1.165) is 32.4 Å². The lowest BCUT2D eigenvalue weighted by atomic mass is 9.78. The summed E-state index contributed by atoms with van der Waals surface area (Å²) in [6.45, 7) is 5.70. The van der Waals surface area contributed by atoms with Gasteiger partial charge >= 0.3 is 0 Å². The van der Waals surface area contributed by atoms with Crippen molar-refractivity contribution in [1.29, 1.82) is 0 Å². The van der Waals surface area contributed by atoms with Gasteiger partial charge in [0.25, 0.3) is 0 Å². The molecule has 4 aliphatic rings. The molecule has 2 aliphatic heterocycles. The summed E-state index contributed by atoms with van der Waals surface area (Å²) in [5.41, 5.74) is 4.34. The van der Waals surface area contributed by atoms with Gasteiger partial charge in [-0.1, -0.05) is 30.3 Å². The van der Waals surface area contributed by atoms with Crippen LogP contribution in [0, 0.1) is 17.8 Å². The topological polar surface area (TPSA) is 23.6 Å². The fourth-order valence-corrected chi connectivity index (χ4v) is 5.38. The van der Waals surface area contributed by atoms with Crippen LogP contribution in [0.1, 0.15) is 49.7 Å². The predicted molar refractivity (Wildman–Crippen MR) is 109 cm³/mol. The molecule has 1 aromatic rings. The van der Waals surface area contributed by atoms with Crippen molar-refractivity contribution >= 4 is 11.5 Å². The van der Waals surface area contributed by atoms with E-state index in [1.807, 2.05) is 0 Å². The number of hydrogen-bond acceptors (Lipinski definition) is 2. The van der Waals surface area contributed by atoms with E-state index in [1.165, 1.54) is 62.0 Å². The number of fused-ring (bicyclic) bond motifs is 1. The van der Waals surface area contributed by atoms with Gasteiger partial charge in [-0.2, -0.15) is 0 Å². The fourth-order valence-electron chi connectivity index (χ4n) is 5.38. The van der Waals surface area contributed by atoms with Crippen molar-refractivity contribution in [3.05, 3.63) is 41.5 Å². The highest BCUT2D eigenvalue weighted by Gasteiger charge is 2.42. The van der Waals surface area contributed by atoms with E-state index in [1.54, 1.807) is 0 Å². The maximum Gasteiger partial charge on any atom is 0.225 e. The summed E-state index contributed by atoms with van der Waals surface area (Å²) in [6.07, 6.45) is 11.0. The molecule has 3 nitrogen and oxygen atoms in total. The van der Waals surface area contributed by atoms with Gasteiger partial charge < -0.3 is 9.80 Å². The number of allylic oxidation sites excluding steroid dienone is 1. The minimum atomic E-state index is 0.354. The highest BCUT2D eigenvalue weighted by molar-refractivity contribution is 5.82. The van der Waals surface area contributed by atoms with Crippen LogP contribution in [0.2, 0.25) is 0 Å². The van der Waals surface area contributed by atoms with Crippen LogP contribution < -0.4 is 0 Å². The van der Waals surface area contributed by atoms with Gasteiger partial charge in [0.2, 0.25) is 5.91 Å². The van der Waals surface area contributed by atoms with Crippen LogP contribution in [0.15, 0.2) is 30.3 Å². The summed E-state index contributed by atoms with van der Waals surface area (Å²) in [5.74, 6) is 2.01. The quantitative estimate of drug-likeness (QED) is 0.789. The second kappa shape index (κ2) is 7.43. The number of amides is 1. The van der Waals surface area contributed by atoms with Gasteiger partial charge in [0.05, 0.1) is 0 Å². The zero-order valence-corrected chi connectivity index (χ0v) is 16.4. The van der Waals surface area contributed by atoms with E-state index >= 15 is 0 Å². The van der Waals surface area contributed by atoms with Crippen molar-refractivity contribution in [3.63, 3.8) is 0 Å². The largest absolute Gasteiger partial charge is 0.342 e. The minimum absolute atomic E-state index is 0.354. The molecule has 3 heteroatoms. The highest BCUT2D eigenvalue weighted by Crippen LogP contribution is 2.43. The second-order valence-corrected chi connectivity index (χ2v) is 9.12. The minimum Gasteiger partial charge on any atom is -0.342 e. The van der Waals surface area contributed by atoms with Crippen molar-refractivity contribution < 1.29 is 4.79 Å². The Balaban J connectivity index is 1.24. The van der Waals surface area contributed by atoms with E-state index in [2.05, 4.69) is 40.1 Å². The van der Waals surface area contributed by atoms with E-state index in [0.29, 0.717) is 23.7 Å². The van der Waals surface area contributed by atoms with E-state index in [4.69, 9.17) is 0 Å². The molecule has 2 unspecified atom stereocenters. The van der Waals surface area contributed by atoms with E-state index in [9.17, 15) is 4.79 Å². The molecular weight excluding hydrogens is 332 g/mol. The summed E-state index contributed by atoms with van der Waals surface area (Å²) in [7, 11) is 0. The SMILES string of the molecule is O=C(C1CC1)N1CC2CCC=C(c3ccc(CCN4CCCC4)cc3)C2C1. The van der Waals surface area contributed by atoms with Crippen LogP contribution in [0.25, 0.3) is 5.57 Å². The average Bonchev–Trinajstić information content (AvgIpc) is 3.24. The smallest absolute Gasteiger partial charge is 0.225 e. The van der Waals surface area contributed by atoms with Gasteiger partial charge in [-0.15, -0.1) is 0 Å². The Morgan fingerprint density at radius 2 is 1.78 bits per heavy atom. The molecule has 27 heavy (non-hydrogen) atoms. The number of hydrogen-bond donors (Lipinski definition) is 0. The number of carbonyl (C=O) groups is 1. The van der Waals surface area contributed by atoms with Gasteiger partial charge in [-0.05, 0) is 80.7 Å². The van der Waals surface area contributed by atoms with Crippen LogP contribution in [0.5, 0.6) is 0 Å². The standard InChI is InChI=1S/C24H32N2O/c27-24(20-10-11-20)26-16-21-4-3-5-22(23(21)17-26)19-8-6-18(7-9-19)12-15-25-13-1-2-14-25/h5-9,20-21,23H,1-4,10-17H2.